The number of anilines is 1. The van der Waals surface area contributed by atoms with Gasteiger partial charge in [-0.05, 0) is 36.6 Å². The zero-order valence-corrected chi connectivity index (χ0v) is 13.6. The Balaban J connectivity index is 2.55. The summed E-state index contributed by atoms with van der Waals surface area (Å²) in [6.07, 6.45) is 0. The minimum absolute atomic E-state index is 0.0333. The molecule has 0 bridgehead atoms. The summed E-state index contributed by atoms with van der Waals surface area (Å²) in [7, 11) is 0. The number of rotatable bonds is 6. The summed E-state index contributed by atoms with van der Waals surface area (Å²) in [5.74, 6) is 0.156. The zero-order valence-electron chi connectivity index (χ0n) is 13.6. The third-order valence-corrected chi connectivity index (χ3v) is 3.08. The average molecular weight is 307 g/mol. The second-order valence-electron chi connectivity index (χ2n) is 6.10. The fourth-order valence-corrected chi connectivity index (χ4v) is 1.64. The summed E-state index contributed by atoms with van der Waals surface area (Å²) < 4.78 is 5.33. The minimum atomic E-state index is -0.596. The maximum atomic E-state index is 12.0. The zero-order chi connectivity index (χ0) is 16.8. The van der Waals surface area contributed by atoms with Gasteiger partial charge in [-0.25, -0.2) is 0 Å². The number of amides is 2. The molecule has 0 aliphatic carbocycles. The molecule has 1 rings (SSSR count). The third kappa shape index (κ3) is 5.73. The highest BCUT2D eigenvalue weighted by molar-refractivity contribution is 5.95. The van der Waals surface area contributed by atoms with Crippen LogP contribution in [0.25, 0.3) is 0 Å². The van der Waals surface area contributed by atoms with Gasteiger partial charge in [-0.15, -0.1) is 0 Å². The number of likely N-dealkylation sites (N-methyl/N-ethyl adjacent to an activating group) is 1. The molecular weight excluding hydrogens is 282 g/mol. The third-order valence-electron chi connectivity index (χ3n) is 3.08. The highest BCUT2D eigenvalue weighted by atomic mass is 16.5. The molecule has 0 heterocycles. The molecule has 22 heavy (non-hydrogen) atoms. The Morgan fingerprint density at radius 1 is 1.23 bits per heavy atom. The van der Waals surface area contributed by atoms with Crippen molar-refractivity contribution in [3.05, 3.63) is 24.3 Å². The fraction of sp³-hybridized carbons (Fsp3) is 0.500. The van der Waals surface area contributed by atoms with Crippen LogP contribution in [0.2, 0.25) is 0 Å². The topological polar surface area (TPSA) is 93.5 Å². The SMILES string of the molecule is CCNC(=O)COc1ccc(NC(=O)[C@@H](N)C(C)(C)C)cc1. The molecule has 2 amide bonds. The fourth-order valence-electron chi connectivity index (χ4n) is 1.64. The second-order valence-corrected chi connectivity index (χ2v) is 6.10. The van der Waals surface area contributed by atoms with E-state index in [-0.39, 0.29) is 23.8 Å². The van der Waals surface area contributed by atoms with E-state index < -0.39 is 6.04 Å². The van der Waals surface area contributed by atoms with Gasteiger partial charge in [-0.1, -0.05) is 20.8 Å². The van der Waals surface area contributed by atoms with Crippen molar-refractivity contribution in [1.29, 1.82) is 0 Å². The molecule has 0 radical (unpaired) electrons. The van der Waals surface area contributed by atoms with Crippen molar-refractivity contribution in [2.45, 2.75) is 33.7 Å². The van der Waals surface area contributed by atoms with E-state index in [1.165, 1.54) is 0 Å². The smallest absolute Gasteiger partial charge is 0.257 e. The van der Waals surface area contributed by atoms with Crippen molar-refractivity contribution >= 4 is 17.5 Å². The van der Waals surface area contributed by atoms with E-state index in [1.54, 1.807) is 24.3 Å². The largest absolute Gasteiger partial charge is 0.484 e. The first kappa shape index (κ1) is 18.0. The molecule has 4 N–H and O–H groups in total. The van der Waals surface area contributed by atoms with Gasteiger partial charge in [0, 0.05) is 12.2 Å². The first-order valence-corrected chi connectivity index (χ1v) is 7.30. The lowest BCUT2D eigenvalue weighted by Crippen LogP contribution is -2.45. The number of nitrogens with one attached hydrogen (secondary N) is 2. The molecule has 0 unspecified atom stereocenters. The lowest BCUT2D eigenvalue weighted by Gasteiger charge is -2.25. The highest BCUT2D eigenvalue weighted by Crippen LogP contribution is 2.20. The van der Waals surface area contributed by atoms with Gasteiger partial charge in [0.25, 0.3) is 5.91 Å². The molecule has 6 nitrogen and oxygen atoms in total. The summed E-state index contributed by atoms with van der Waals surface area (Å²) in [6, 6.07) is 6.21. The summed E-state index contributed by atoms with van der Waals surface area (Å²) in [6.45, 7) is 8.12. The first-order chi connectivity index (χ1) is 10.2. The van der Waals surface area contributed by atoms with Crippen LogP contribution in [-0.4, -0.2) is 31.0 Å². The number of nitrogens with two attached hydrogens (primary N) is 1. The van der Waals surface area contributed by atoms with Gasteiger partial charge in [0.1, 0.15) is 5.75 Å². The van der Waals surface area contributed by atoms with Crippen molar-refractivity contribution in [3.63, 3.8) is 0 Å². The molecule has 122 valence electrons. The molecule has 0 saturated heterocycles. The van der Waals surface area contributed by atoms with Gasteiger partial charge >= 0.3 is 0 Å². The van der Waals surface area contributed by atoms with E-state index >= 15 is 0 Å². The maximum absolute atomic E-state index is 12.0. The molecule has 0 aromatic heterocycles. The Kier molecular flexibility index (Phi) is 6.37. The summed E-state index contributed by atoms with van der Waals surface area (Å²) in [5.41, 5.74) is 6.23. The molecule has 0 saturated carbocycles. The van der Waals surface area contributed by atoms with Gasteiger partial charge in [0.2, 0.25) is 5.91 Å². The molecule has 6 heteroatoms. The Labute approximate surface area is 131 Å². The first-order valence-electron chi connectivity index (χ1n) is 7.30. The number of hydrogen-bond donors (Lipinski definition) is 3. The molecule has 0 spiro atoms. The van der Waals surface area contributed by atoms with Gasteiger partial charge in [0.05, 0.1) is 6.04 Å². The van der Waals surface area contributed by atoms with Gasteiger partial charge in [-0.3, -0.25) is 9.59 Å². The average Bonchev–Trinajstić information content (AvgIpc) is 2.45. The maximum Gasteiger partial charge on any atom is 0.257 e. The predicted molar refractivity (Wildman–Crippen MR) is 86.7 cm³/mol. The summed E-state index contributed by atoms with van der Waals surface area (Å²) >= 11 is 0. The van der Waals surface area contributed by atoms with E-state index in [0.717, 1.165) is 0 Å². The van der Waals surface area contributed by atoms with Crippen LogP contribution in [0.3, 0.4) is 0 Å². The molecule has 1 aromatic carbocycles. The van der Waals surface area contributed by atoms with Crippen LogP contribution in [-0.2, 0) is 9.59 Å². The Hall–Kier alpha value is -2.08. The van der Waals surface area contributed by atoms with Crippen LogP contribution >= 0.6 is 0 Å². The number of ether oxygens (including phenoxy) is 1. The number of benzene rings is 1. The minimum Gasteiger partial charge on any atom is -0.484 e. The second kappa shape index (κ2) is 7.79. The molecule has 1 atom stereocenters. The van der Waals surface area contributed by atoms with Crippen LogP contribution in [0, 0.1) is 5.41 Å². The molecule has 0 fully saturated rings. The van der Waals surface area contributed by atoms with Gasteiger partial charge in [0.15, 0.2) is 6.61 Å². The van der Waals surface area contributed by atoms with Crippen molar-refractivity contribution in [2.24, 2.45) is 11.1 Å². The Morgan fingerprint density at radius 2 is 1.82 bits per heavy atom. The quantitative estimate of drug-likeness (QED) is 0.742. The van der Waals surface area contributed by atoms with Crippen LogP contribution < -0.4 is 21.1 Å². The van der Waals surface area contributed by atoms with Crippen LogP contribution in [0.1, 0.15) is 27.7 Å². The number of carbonyl (C=O) groups excluding carboxylic acids is 2. The van der Waals surface area contributed by atoms with E-state index in [1.807, 2.05) is 27.7 Å². The standard InChI is InChI=1S/C16H25N3O3/c1-5-18-13(20)10-22-12-8-6-11(7-9-12)19-15(21)14(17)16(2,3)4/h6-9,14H,5,10,17H2,1-4H3,(H,18,20)(H,19,21)/t14-/m1/s1. The van der Waals surface area contributed by atoms with E-state index in [2.05, 4.69) is 10.6 Å². The van der Waals surface area contributed by atoms with E-state index in [9.17, 15) is 9.59 Å². The predicted octanol–water partition coefficient (Wildman–Crippen LogP) is 1.51. The number of carbonyl (C=O) groups is 2. The van der Waals surface area contributed by atoms with Crippen molar-refractivity contribution in [1.82, 2.24) is 5.32 Å². The summed E-state index contributed by atoms with van der Waals surface area (Å²) in [5, 5.41) is 5.41. The molecule has 0 aliphatic heterocycles. The lowest BCUT2D eigenvalue weighted by molar-refractivity contribution is -0.123. The Morgan fingerprint density at radius 3 is 2.32 bits per heavy atom. The monoisotopic (exact) mass is 307 g/mol. The molecular formula is C16H25N3O3. The van der Waals surface area contributed by atoms with E-state index in [4.69, 9.17) is 10.5 Å². The van der Waals surface area contributed by atoms with Crippen molar-refractivity contribution < 1.29 is 14.3 Å². The molecule has 0 aliphatic rings. The number of hydrogen-bond acceptors (Lipinski definition) is 4. The van der Waals surface area contributed by atoms with Crippen LogP contribution in [0.15, 0.2) is 24.3 Å². The Bertz CT molecular complexity index is 506. The van der Waals surface area contributed by atoms with Gasteiger partial charge in [-0.2, -0.15) is 0 Å². The van der Waals surface area contributed by atoms with Crippen molar-refractivity contribution in [2.75, 3.05) is 18.5 Å². The van der Waals surface area contributed by atoms with Gasteiger partial charge < -0.3 is 21.1 Å². The lowest BCUT2D eigenvalue weighted by atomic mass is 9.87. The van der Waals surface area contributed by atoms with Crippen LogP contribution in [0.4, 0.5) is 5.69 Å². The molecule has 1 aromatic rings. The highest BCUT2D eigenvalue weighted by Gasteiger charge is 2.27. The van der Waals surface area contributed by atoms with E-state index in [0.29, 0.717) is 18.0 Å². The van der Waals surface area contributed by atoms with Crippen LogP contribution in [0.5, 0.6) is 5.75 Å². The van der Waals surface area contributed by atoms with Crippen molar-refractivity contribution in [3.8, 4) is 5.75 Å². The normalized spacial score (nSPS) is 12.4. The summed E-state index contributed by atoms with van der Waals surface area (Å²) in [4.78, 5) is 23.3.